The zero-order chi connectivity index (χ0) is 18.3. The molecule has 0 aliphatic carbocycles. The van der Waals surface area contributed by atoms with Crippen molar-refractivity contribution in [2.75, 3.05) is 0 Å². The average Bonchev–Trinajstić information content (AvgIpc) is 3.02. The lowest BCUT2D eigenvalue weighted by Crippen LogP contribution is -2.29. The quantitative estimate of drug-likeness (QED) is 0.448. The number of nitrogens with zero attached hydrogens (tertiary/aromatic N) is 1. The Bertz CT molecular complexity index is 1080. The number of rotatable bonds is 3. The Kier molecular flexibility index (Phi) is 4.17. The van der Waals surface area contributed by atoms with Crippen molar-refractivity contribution >= 4 is 27.0 Å². The molecule has 0 saturated heterocycles. The number of halogens is 1. The van der Waals surface area contributed by atoms with Gasteiger partial charge in [-0.1, -0.05) is 42.5 Å². The van der Waals surface area contributed by atoms with Gasteiger partial charge in [0.2, 0.25) is 0 Å². The fourth-order valence-corrected chi connectivity index (χ4v) is 3.90. The number of pyridine rings is 1. The van der Waals surface area contributed by atoms with Gasteiger partial charge in [0.15, 0.2) is 0 Å². The number of H-pyrrole nitrogens is 1. The molecule has 0 aliphatic heterocycles. The van der Waals surface area contributed by atoms with E-state index in [2.05, 4.69) is 74.4 Å². The van der Waals surface area contributed by atoms with Crippen LogP contribution in [0.5, 0.6) is 0 Å². The highest BCUT2D eigenvalue weighted by molar-refractivity contribution is 9.10. The molecule has 0 saturated carbocycles. The summed E-state index contributed by atoms with van der Waals surface area (Å²) < 4.78 is 1.01. The normalized spacial score (nSPS) is 11.8. The fourth-order valence-electron chi connectivity index (χ4n) is 3.39. The van der Waals surface area contributed by atoms with Crippen LogP contribution in [-0.4, -0.2) is 9.97 Å². The first-order valence-electron chi connectivity index (χ1n) is 8.56. The van der Waals surface area contributed by atoms with Crippen LogP contribution in [0.2, 0.25) is 0 Å². The van der Waals surface area contributed by atoms with Gasteiger partial charge in [0, 0.05) is 27.8 Å². The number of aromatic amines is 1. The standard InChI is InChI=1S/C22H20BrN3/c1-22(2,24)18-9-8-15(12-17(18)14-6-4-3-5-7-14)16-10-11-25-21-20(16)19(23)13-26-21/h3-13H,24H2,1-2H3,(H,25,26). The second-order valence-electron chi connectivity index (χ2n) is 7.07. The molecule has 0 radical (unpaired) electrons. The number of nitrogens with two attached hydrogens (primary N) is 1. The third-order valence-electron chi connectivity index (χ3n) is 4.63. The summed E-state index contributed by atoms with van der Waals surface area (Å²) in [5.74, 6) is 0. The summed E-state index contributed by atoms with van der Waals surface area (Å²) in [6, 6.07) is 19.0. The molecule has 4 aromatic rings. The summed E-state index contributed by atoms with van der Waals surface area (Å²) in [6.07, 6.45) is 3.76. The maximum atomic E-state index is 6.46. The third kappa shape index (κ3) is 2.96. The minimum atomic E-state index is -0.425. The molecule has 0 aliphatic rings. The van der Waals surface area contributed by atoms with Crippen LogP contribution < -0.4 is 5.73 Å². The van der Waals surface area contributed by atoms with Crippen molar-refractivity contribution in [1.82, 2.24) is 9.97 Å². The molecule has 3 nitrogen and oxygen atoms in total. The Labute approximate surface area is 161 Å². The zero-order valence-corrected chi connectivity index (χ0v) is 16.3. The van der Waals surface area contributed by atoms with Crippen LogP contribution in [0.25, 0.3) is 33.3 Å². The van der Waals surface area contributed by atoms with Gasteiger partial charge in [-0.15, -0.1) is 0 Å². The van der Waals surface area contributed by atoms with Crippen LogP contribution >= 0.6 is 15.9 Å². The van der Waals surface area contributed by atoms with E-state index in [4.69, 9.17) is 5.73 Å². The van der Waals surface area contributed by atoms with E-state index in [1.165, 1.54) is 5.56 Å². The lowest BCUT2D eigenvalue weighted by Gasteiger charge is -2.24. The summed E-state index contributed by atoms with van der Waals surface area (Å²) in [6.45, 7) is 4.09. The maximum Gasteiger partial charge on any atom is 0.139 e. The number of benzene rings is 2. The molecular formula is C22H20BrN3. The van der Waals surface area contributed by atoms with Gasteiger partial charge in [0.1, 0.15) is 5.65 Å². The highest BCUT2D eigenvalue weighted by Crippen LogP contribution is 2.37. The maximum absolute atomic E-state index is 6.46. The monoisotopic (exact) mass is 405 g/mol. The molecule has 0 unspecified atom stereocenters. The van der Waals surface area contributed by atoms with E-state index in [1.807, 2.05) is 32.3 Å². The Hall–Kier alpha value is -2.43. The third-order valence-corrected chi connectivity index (χ3v) is 5.26. The minimum Gasteiger partial charge on any atom is -0.345 e. The largest absolute Gasteiger partial charge is 0.345 e. The van der Waals surface area contributed by atoms with Crippen molar-refractivity contribution < 1.29 is 0 Å². The van der Waals surface area contributed by atoms with Crippen molar-refractivity contribution in [2.24, 2.45) is 5.73 Å². The lowest BCUT2D eigenvalue weighted by atomic mass is 9.85. The molecule has 0 fully saturated rings. The Morgan fingerprint density at radius 3 is 2.46 bits per heavy atom. The molecule has 2 heterocycles. The first-order chi connectivity index (χ1) is 12.4. The Balaban J connectivity index is 1.98. The summed E-state index contributed by atoms with van der Waals surface area (Å²) in [5.41, 5.74) is 12.6. The van der Waals surface area contributed by atoms with Crippen LogP contribution in [0.1, 0.15) is 19.4 Å². The van der Waals surface area contributed by atoms with E-state index in [1.54, 1.807) is 0 Å². The van der Waals surface area contributed by atoms with Crippen LogP contribution in [0, 0.1) is 0 Å². The summed E-state index contributed by atoms with van der Waals surface area (Å²) >= 11 is 3.63. The Morgan fingerprint density at radius 2 is 1.73 bits per heavy atom. The molecule has 2 aromatic heterocycles. The molecule has 2 aromatic carbocycles. The topological polar surface area (TPSA) is 54.7 Å². The number of nitrogens with one attached hydrogen (secondary N) is 1. The van der Waals surface area contributed by atoms with E-state index >= 15 is 0 Å². The van der Waals surface area contributed by atoms with Gasteiger partial charge in [0.25, 0.3) is 0 Å². The molecule has 130 valence electrons. The van der Waals surface area contributed by atoms with Crippen LogP contribution in [0.3, 0.4) is 0 Å². The molecule has 4 heteroatoms. The van der Waals surface area contributed by atoms with E-state index in [0.29, 0.717) is 0 Å². The van der Waals surface area contributed by atoms with Crippen molar-refractivity contribution in [2.45, 2.75) is 19.4 Å². The second-order valence-corrected chi connectivity index (χ2v) is 7.92. The smallest absolute Gasteiger partial charge is 0.139 e. The summed E-state index contributed by atoms with van der Waals surface area (Å²) in [7, 11) is 0. The highest BCUT2D eigenvalue weighted by atomic mass is 79.9. The van der Waals surface area contributed by atoms with Gasteiger partial charge >= 0.3 is 0 Å². The Morgan fingerprint density at radius 1 is 0.962 bits per heavy atom. The first-order valence-corrected chi connectivity index (χ1v) is 9.35. The van der Waals surface area contributed by atoms with Crippen molar-refractivity contribution in [1.29, 1.82) is 0 Å². The van der Waals surface area contributed by atoms with E-state index in [9.17, 15) is 0 Å². The molecule has 4 rings (SSSR count). The van der Waals surface area contributed by atoms with Gasteiger partial charge in [-0.05, 0) is 69.7 Å². The van der Waals surface area contributed by atoms with E-state index in [-0.39, 0.29) is 0 Å². The van der Waals surface area contributed by atoms with Gasteiger partial charge < -0.3 is 10.7 Å². The summed E-state index contributed by atoms with van der Waals surface area (Å²) in [4.78, 5) is 7.62. The molecule has 26 heavy (non-hydrogen) atoms. The molecule has 0 bridgehead atoms. The van der Waals surface area contributed by atoms with Crippen LogP contribution in [-0.2, 0) is 5.54 Å². The molecule has 3 N–H and O–H groups in total. The van der Waals surface area contributed by atoms with E-state index in [0.717, 1.165) is 37.8 Å². The van der Waals surface area contributed by atoms with Gasteiger partial charge in [-0.25, -0.2) is 4.98 Å². The molecular weight excluding hydrogens is 386 g/mol. The van der Waals surface area contributed by atoms with Crippen molar-refractivity contribution in [3.8, 4) is 22.3 Å². The molecule has 0 spiro atoms. The summed E-state index contributed by atoms with van der Waals surface area (Å²) in [5, 5.41) is 1.09. The lowest BCUT2D eigenvalue weighted by molar-refractivity contribution is 0.556. The number of aromatic nitrogens is 2. The van der Waals surface area contributed by atoms with Gasteiger partial charge in [-0.3, -0.25) is 0 Å². The zero-order valence-electron chi connectivity index (χ0n) is 14.8. The van der Waals surface area contributed by atoms with Crippen LogP contribution in [0.4, 0.5) is 0 Å². The number of hydrogen-bond donors (Lipinski definition) is 2. The van der Waals surface area contributed by atoms with Crippen LogP contribution in [0.15, 0.2) is 71.5 Å². The minimum absolute atomic E-state index is 0.425. The van der Waals surface area contributed by atoms with Gasteiger partial charge in [-0.2, -0.15) is 0 Å². The predicted molar refractivity (Wildman–Crippen MR) is 112 cm³/mol. The fraction of sp³-hybridized carbons (Fsp3) is 0.136. The van der Waals surface area contributed by atoms with Gasteiger partial charge in [0.05, 0.1) is 0 Å². The second kappa shape index (κ2) is 6.38. The average molecular weight is 406 g/mol. The van der Waals surface area contributed by atoms with Crippen molar-refractivity contribution in [3.63, 3.8) is 0 Å². The number of fused-ring (bicyclic) bond motifs is 1. The predicted octanol–water partition coefficient (Wildman–Crippen LogP) is 5.85. The van der Waals surface area contributed by atoms with Crippen molar-refractivity contribution in [3.05, 3.63) is 77.0 Å². The molecule has 0 atom stereocenters. The van der Waals surface area contributed by atoms with E-state index < -0.39 is 5.54 Å². The molecule has 0 amide bonds. The highest BCUT2D eigenvalue weighted by Gasteiger charge is 2.20. The SMILES string of the molecule is CC(C)(N)c1ccc(-c2ccnc3[nH]cc(Br)c23)cc1-c1ccccc1. The first kappa shape index (κ1) is 17.0. The number of hydrogen-bond acceptors (Lipinski definition) is 2.